The molecule has 0 radical (unpaired) electrons. The highest BCUT2D eigenvalue weighted by Gasteiger charge is 2.52. The summed E-state index contributed by atoms with van der Waals surface area (Å²) in [6.45, 7) is 6.14. The maximum atomic E-state index is 13.4. The monoisotopic (exact) mass is 414 g/mol. The van der Waals surface area contributed by atoms with Gasteiger partial charge in [0.05, 0.1) is 0 Å². The second-order valence-corrected chi connectivity index (χ2v) is 9.00. The highest BCUT2D eigenvalue weighted by atomic mass is 79.9. The molecule has 1 aromatic heterocycles. The quantitative estimate of drug-likeness (QED) is 0.395. The van der Waals surface area contributed by atoms with Gasteiger partial charge >= 0.3 is 6.09 Å². The fourth-order valence-electron chi connectivity index (χ4n) is 2.73. The number of anilines is 1. The minimum absolute atomic E-state index is 0.180. The standard InChI is InChI=1S/C19H28BrFN2O2/c1-18(2,3)25-17(24)23(16-11-7-8-12-22-16)13-9-5-4-6-10-15-14-19(15,20)21/h7-8,11-12,15H,4-6,9-10,13-14H2,1-3H3. The number of unbranched alkanes of at least 4 members (excludes halogenated alkanes) is 3. The molecule has 2 atom stereocenters. The fourth-order valence-corrected chi connectivity index (χ4v) is 3.35. The first-order chi connectivity index (χ1) is 11.7. The van der Waals surface area contributed by atoms with Crippen LogP contribution in [0.25, 0.3) is 0 Å². The van der Waals surface area contributed by atoms with Crippen LogP contribution in [0.3, 0.4) is 0 Å². The molecule has 1 amide bonds. The number of hydrogen-bond donors (Lipinski definition) is 0. The van der Waals surface area contributed by atoms with Crippen molar-refractivity contribution in [3.05, 3.63) is 24.4 Å². The molecule has 1 aliphatic carbocycles. The first kappa shape index (κ1) is 20.1. The van der Waals surface area contributed by atoms with Crippen molar-refractivity contribution < 1.29 is 13.9 Å². The highest BCUT2D eigenvalue weighted by molar-refractivity contribution is 9.10. The number of amides is 1. The third-order valence-electron chi connectivity index (χ3n) is 4.18. The Labute approximate surface area is 158 Å². The molecule has 1 fully saturated rings. The predicted octanol–water partition coefficient (Wildman–Crippen LogP) is 5.85. The maximum absolute atomic E-state index is 13.4. The lowest BCUT2D eigenvalue weighted by Crippen LogP contribution is -2.38. The van der Waals surface area contributed by atoms with Crippen LogP contribution in [0.5, 0.6) is 0 Å². The van der Waals surface area contributed by atoms with E-state index in [9.17, 15) is 9.18 Å². The van der Waals surface area contributed by atoms with Crippen molar-refractivity contribution in [2.45, 2.75) is 69.5 Å². The topological polar surface area (TPSA) is 42.4 Å². The van der Waals surface area contributed by atoms with Crippen molar-refractivity contribution in [2.75, 3.05) is 11.4 Å². The van der Waals surface area contributed by atoms with Gasteiger partial charge in [0.25, 0.3) is 0 Å². The highest BCUT2D eigenvalue weighted by Crippen LogP contribution is 2.54. The van der Waals surface area contributed by atoms with Crippen LogP contribution in [-0.4, -0.2) is 27.8 Å². The summed E-state index contributed by atoms with van der Waals surface area (Å²) in [4.78, 5) is 18.3. The maximum Gasteiger partial charge on any atom is 0.416 e. The third kappa shape index (κ3) is 6.92. The van der Waals surface area contributed by atoms with Crippen molar-refractivity contribution in [2.24, 2.45) is 5.92 Å². The first-order valence-electron chi connectivity index (χ1n) is 8.98. The molecule has 1 aliphatic rings. The van der Waals surface area contributed by atoms with E-state index in [-0.39, 0.29) is 12.0 Å². The summed E-state index contributed by atoms with van der Waals surface area (Å²) < 4.78 is 17.8. The van der Waals surface area contributed by atoms with E-state index in [2.05, 4.69) is 20.9 Å². The average Bonchev–Trinajstić information content (AvgIpc) is 3.12. The second-order valence-electron chi connectivity index (χ2n) is 7.68. The first-order valence-corrected chi connectivity index (χ1v) is 9.78. The van der Waals surface area contributed by atoms with Gasteiger partial charge in [-0.1, -0.05) is 25.3 Å². The van der Waals surface area contributed by atoms with Gasteiger partial charge in [-0.15, -0.1) is 0 Å². The van der Waals surface area contributed by atoms with Gasteiger partial charge in [0.2, 0.25) is 0 Å². The Morgan fingerprint density at radius 3 is 2.60 bits per heavy atom. The molecule has 0 spiro atoms. The summed E-state index contributed by atoms with van der Waals surface area (Å²) in [5.74, 6) is 0.788. The van der Waals surface area contributed by atoms with Gasteiger partial charge in [-0.05, 0) is 68.1 Å². The van der Waals surface area contributed by atoms with E-state index >= 15 is 0 Å². The normalized spacial score (nSPS) is 22.5. The van der Waals surface area contributed by atoms with Gasteiger partial charge in [0.15, 0.2) is 4.58 Å². The number of hydrogen-bond acceptors (Lipinski definition) is 3. The molecule has 1 saturated carbocycles. The van der Waals surface area contributed by atoms with Crippen LogP contribution >= 0.6 is 15.9 Å². The van der Waals surface area contributed by atoms with Gasteiger partial charge in [0.1, 0.15) is 11.4 Å². The smallest absolute Gasteiger partial charge is 0.416 e. The average molecular weight is 415 g/mol. The van der Waals surface area contributed by atoms with Crippen LogP contribution in [0.4, 0.5) is 15.0 Å². The van der Waals surface area contributed by atoms with E-state index in [1.165, 1.54) is 0 Å². The Kier molecular flexibility index (Phi) is 6.83. The Balaban J connectivity index is 1.77. The summed E-state index contributed by atoms with van der Waals surface area (Å²) in [6, 6.07) is 5.50. The molecule has 0 N–H and O–H groups in total. The molecule has 0 aromatic carbocycles. The summed E-state index contributed by atoms with van der Waals surface area (Å²) >= 11 is 3.09. The lowest BCUT2D eigenvalue weighted by Gasteiger charge is -2.26. The molecule has 6 heteroatoms. The van der Waals surface area contributed by atoms with Crippen LogP contribution in [-0.2, 0) is 4.74 Å². The van der Waals surface area contributed by atoms with Crippen molar-refractivity contribution >= 4 is 27.8 Å². The summed E-state index contributed by atoms with van der Waals surface area (Å²) in [6.07, 6.45) is 6.81. The van der Waals surface area contributed by atoms with E-state index in [0.717, 1.165) is 32.1 Å². The number of halogens is 2. The van der Waals surface area contributed by atoms with Gasteiger partial charge in [0, 0.05) is 18.7 Å². The predicted molar refractivity (Wildman–Crippen MR) is 102 cm³/mol. The number of aromatic nitrogens is 1. The van der Waals surface area contributed by atoms with Gasteiger partial charge in [-0.2, -0.15) is 0 Å². The van der Waals surface area contributed by atoms with Crippen molar-refractivity contribution in [1.82, 2.24) is 4.98 Å². The minimum Gasteiger partial charge on any atom is -0.443 e. The zero-order valence-corrected chi connectivity index (χ0v) is 16.9. The molecule has 25 heavy (non-hydrogen) atoms. The zero-order chi connectivity index (χ0) is 18.5. The van der Waals surface area contributed by atoms with Gasteiger partial charge in [-0.25, -0.2) is 14.2 Å². The SMILES string of the molecule is CC(C)(C)OC(=O)N(CCCCCCC1CC1(F)Br)c1ccccn1. The van der Waals surface area contributed by atoms with E-state index in [1.807, 2.05) is 39.0 Å². The minimum atomic E-state index is -1.10. The van der Waals surface area contributed by atoms with E-state index in [1.54, 1.807) is 11.1 Å². The van der Waals surface area contributed by atoms with Crippen LogP contribution in [0.1, 0.15) is 59.3 Å². The summed E-state index contributed by atoms with van der Waals surface area (Å²) in [5, 5.41) is 0. The number of nitrogens with zero attached hydrogens (tertiary/aromatic N) is 2. The van der Waals surface area contributed by atoms with E-state index < -0.39 is 10.2 Å². The van der Waals surface area contributed by atoms with Crippen molar-refractivity contribution in [3.8, 4) is 0 Å². The van der Waals surface area contributed by atoms with Crippen LogP contribution in [0.2, 0.25) is 0 Å². The number of pyridine rings is 1. The number of ether oxygens (including phenoxy) is 1. The molecular weight excluding hydrogens is 387 g/mol. The Bertz CT molecular complexity index is 560. The summed E-state index contributed by atoms with van der Waals surface area (Å²) in [5.41, 5.74) is -0.539. The molecule has 2 rings (SSSR count). The molecule has 140 valence electrons. The third-order valence-corrected chi connectivity index (χ3v) is 5.15. The Morgan fingerprint density at radius 1 is 1.36 bits per heavy atom. The number of rotatable bonds is 8. The molecular formula is C19H28BrFN2O2. The number of carbonyl (C=O) groups excluding carboxylic acids is 1. The molecule has 2 unspecified atom stereocenters. The van der Waals surface area contributed by atoms with Crippen LogP contribution in [0, 0.1) is 5.92 Å². The number of carbonyl (C=O) groups is 1. The number of alkyl halides is 2. The molecule has 4 nitrogen and oxygen atoms in total. The lowest BCUT2D eigenvalue weighted by atomic mass is 10.1. The van der Waals surface area contributed by atoms with E-state index in [0.29, 0.717) is 18.8 Å². The fraction of sp³-hybridized carbons (Fsp3) is 0.684. The molecule has 1 heterocycles. The molecule has 0 bridgehead atoms. The Morgan fingerprint density at radius 2 is 2.04 bits per heavy atom. The van der Waals surface area contributed by atoms with E-state index in [4.69, 9.17) is 4.74 Å². The van der Waals surface area contributed by atoms with Gasteiger partial charge < -0.3 is 4.74 Å². The molecule has 0 saturated heterocycles. The Hall–Kier alpha value is -1.17. The summed E-state index contributed by atoms with van der Waals surface area (Å²) in [7, 11) is 0. The molecule has 0 aliphatic heterocycles. The van der Waals surface area contributed by atoms with Crippen LogP contribution < -0.4 is 4.90 Å². The van der Waals surface area contributed by atoms with Crippen molar-refractivity contribution in [1.29, 1.82) is 0 Å². The van der Waals surface area contributed by atoms with Gasteiger partial charge in [-0.3, -0.25) is 4.90 Å². The lowest BCUT2D eigenvalue weighted by molar-refractivity contribution is 0.0578. The second kappa shape index (κ2) is 8.47. The largest absolute Gasteiger partial charge is 0.443 e. The van der Waals surface area contributed by atoms with Crippen molar-refractivity contribution in [3.63, 3.8) is 0 Å². The van der Waals surface area contributed by atoms with Crippen LogP contribution in [0.15, 0.2) is 24.4 Å². The molecule has 1 aromatic rings. The zero-order valence-electron chi connectivity index (χ0n) is 15.3.